The molecule has 2 aromatic carbocycles. The van der Waals surface area contributed by atoms with Crippen molar-refractivity contribution < 1.29 is 28.2 Å². The van der Waals surface area contributed by atoms with Gasteiger partial charge in [-0.3, -0.25) is 9.88 Å². The van der Waals surface area contributed by atoms with E-state index in [9.17, 15) is 9.67 Å². The Morgan fingerprint density at radius 3 is 1.97 bits per heavy atom. The van der Waals surface area contributed by atoms with Gasteiger partial charge in [-0.15, -0.1) is 0 Å². The maximum absolute atomic E-state index is 14.4. The van der Waals surface area contributed by atoms with Crippen molar-refractivity contribution in [2.45, 2.75) is 91.4 Å². The maximum atomic E-state index is 14.4. The van der Waals surface area contributed by atoms with Crippen LogP contribution in [0.3, 0.4) is 0 Å². The van der Waals surface area contributed by atoms with Gasteiger partial charge in [0.25, 0.3) is 0 Å². The number of rotatable bonds is 11. The third-order valence-corrected chi connectivity index (χ3v) is 8.47. The van der Waals surface area contributed by atoms with Gasteiger partial charge in [-0.1, -0.05) is 61.5 Å². The summed E-state index contributed by atoms with van der Waals surface area (Å²) in [5.74, 6) is 0.945. The van der Waals surface area contributed by atoms with Gasteiger partial charge in [-0.25, -0.2) is 0 Å². The number of nitrogens with one attached hydrogen (secondary N) is 1. The Labute approximate surface area is 222 Å². The van der Waals surface area contributed by atoms with E-state index in [4.69, 9.17) is 18.5 Å². The van der Waals surface area contributed by atoms with Crippen LogP contribution in [0.4, 0.5) is 0 Å². The molecular weight excluding hydrogens is 489 g/mol. The number of ether oxygens (including phenoxy) is 2. The topological polar surface area (TPSA) is 86.3 Å². The minimum Gasteiger partial charge on any atom is -0.507 e. The van der Waals surface area contributed by atoms with Crippen LogP contribution < -0.4 is 14.8 Å². The molecule has 2 N–H and O–H groups in total. The third kappa shape index (κ3) is 7.08. The lowest BCUT2D eigenvalue weighted by atomic mass is 9.78. The molecule has 37 heavy (non-hydrogen) atoms. The molecule has 206 valence electrons. The fourth-order valence-electron chi connectivity index (χ4n) is 4.26. The lowest BCUT2D eigenvalue weighted by Crippen LogP contribution is -2.25. The highest BCUT2D eigenvalue weighted by molar-refractivity contribution is 7.54. The van der Waals surface area contributed by atoms with Crippen LogP contribution in [0.5, 0.6) is 17.2 Å². The Kier molecular flexibility index (Phi) is 9.39. The second-order valence-corrected chi connectivity index (χ2v) is 13.8. The summed E-state index contributed by atoms with van der Waals surface area (Å²) in [5, 5.41) is 14.8. The van der Waals surface area contributed by atoms with Crippen LogP contribution in [-0.2, 0) is 31.0 Å². The van der Waals surface area contributed by atoms with E-state index in [0.717, 1.165) is 22.3 Å². The fraction of sp³-hybridized carbons (Fsp3) is 0.586. The zero-order chi connectivity index (χ0) is 27.4. The number of benzene rings is 2. The summed E-state index contributed by atoms with van der Waals surface area (Å²) >= 11 is 0. The van der Waals surface area contributed by atoms with E-state index < -0.39 is 13.4 Å². The van der Waals surface area contributed by atoms with Crippen LogP contribution in [0.1, 0.15) is 96.3 Å². The molecule has 0 bridgehead atoms. The highest BCUT2D eigenvalue weighted by Gasteiger charge is 2.39. The van der Waals surface area contributed by atoms with Gasteiger partial charge in [0.1, 0.15) is 11.5 Å². The lowest BCUT2D eigenvalue weighted by Gasteiger charge is -2.32. The first-order valence-corrected chi connectivity index (χ1v) is 14.8. The van der Waals surface area contributed by atoms with E-state index in [1.807, 2.05) is 44.2 Å². The van der Waals surface area contributed by atoms with E-state index in [0.29, 0.717) is 44.1 Å². The summed E-state index contributed by atoms with van der Waals surface area (Å²) in [6.45, 7) is 17.6. The Morgan fingerprint density at radius 1 is 0.919 bits per heavy atom. The monoisotopic (exact) mass is 533 g/mol. The van der Waals surface area contributed by atoms with Gasteiger partial charge in [0, 0.05) is 6.54 Å². The van der Waals surface area contributed by atoms with Crippen LogP contribution in [0.2, 0.25) is 0 Å². The van der Waals surface area contributed by atoms with Crippen molar-refractivity contribution in [3.05, 3.63) is 52.6 Å². The van der Waals surface area contributed by atoms with Gasteiger partial charge in [-0.05, 0) is 70.2 Å². The Balaban J connectivity index is 2.12. The summed E-state index contributed by atoms with van der Waals surface area (Å²) in [7, 11) is -3.65. The van der Waals surface area contributed by atoms with Gasteiger partial charge in [0.05, 0.1) is 13.2 Å². The normalized spacial score (nSPS) is 14.7. The second kappa shape index (κ2) is 11.8. The van der Waals surface area contributed by atoms with Crippen molar-refractivity contribution in [2.75, 3.05) is 20.0 Å². The molecule has 0 aromatic heterocycles. The molecule has 0 aliphatic carbocycles. The summed E-state index contributed by atoms with van der Waals surface area (Å²) in [5.41, 5.74) is 2.65. The molecule has 0 amide bonds. The van der Waals surface area contributed by atoms with Gasteiger partial charge in [0.2, 0.25) is 6.79 Å². The summed E-state index contributed by atoms with van der Waals surface area (Å²) in [6.07, 6.45) is 1.43. The smallest absolute Gasteiger partial charge is 0.351 e. The summed E-state index contributed by atoms with van der Waals surface area (Å²) in [6, 6.07) is 9.65. The van der Waals surface area contributed by atoms with Crippen molar-refractivity contribution in [1.29, 1.82) is 0 Å². The minimum atomic E-state index is -3.65. The highest BCUT2D eigenvalue weighted by Crippen LogP contribution is 2.61. The predicted molar refractivity (Wildman–Crippen MR) is 148 cm³/mol. The molecule has 0 saturated heterocycles. The number of aromatic hydroxyl groups is 1. The maximum Gasteiger partial charge on any atom is 0.351 e. The van der Waals surface area contributed by atoms with Crippen LogP contribution in [0, 0.1) is 0 Å². The number of hydrogen-bond acceptors (Lipinski definition) is 7. The van der Waals surface area contributed by atoms with E-state index in [1.165, 1.54) is 0 Å². The van der Waals surface area contributed by atoms with Crippen LogP contribution >= 0.6 is 7.60 Å². The van der Waals surface area contributed by atoms with Crippen molar-refractivity contribution in [1.82, 2.24) is 5.32 Å². The number of fused-ring (bicyclic) bond motifs is 1. The first-order valence-electron chi connectivity index (χ1n) is 13.2. The average Bonchev–Trinajstić information content (AvgIpc) is 3.29. The minimum absolute atomic E-state index is 0.207. The fourth-order valence-corrected chi connectivity index (χ4v) is 6.34. The molecule has 1 heterocycles. The van der Waals surface area contributed by atoms with E-state index in [-0.39, 0.29) is 23.4 Å². The molecule has 7 nitrogen and oxygen atoms in total. The molecule has 1 aliphatic rings. The van der Waals surface area contributed by atoms with Crippen molar-refractivity contribution in [3.63, 3.8) is 0 Å². The quantitative estimate of drug-likeness (QED) is 0.288. The number of hydrogen-bond donors (Lipinski definition) is 2. The molecule has 2 aromatic rings. The second-order valence-electron chi connectivity index (χ2n) is 11.6. The lowest BCUT2D eigenvalue weighted by molar-refractivity contribution is 0.174. The van der Waals surface area contributed by atoms with E-state index in [1.54, 1.807) is 0 Å². The van der Waals surface area contributed by atoms with Crippen LogP contribution in [0.15, 0.2) is 30.3 Å². The first kappa shape index (κ1) is 29.5. The van der Waals surface area contributed by atoms with Gasteiger partial charge in [-0.2, -0.15) is 0 Å². The molecule has 1 aliphatic heterocycles. The molecule has 3 rings (SSSR count). The van der Waals surface area contributed by atoms with Crippen molar-refractivity contribution >= 4 is 7.60 Å². The number of phenols is 1. The van der Waals surface area contributed by atoms with Crippen molar-refractivity contribution in [2.24, 2.45) is 0 Å². The molecule has 8 heteroatoms. The summed E-state index contributed by atoms with van der Waals surface area (Å²) < 4.78 is 37.4. The average molecular weight is 534 g/mol. The largest absolute Gasteiger partial charge is 0.507 e. The molecule has 0 saturated carbocycles. The van der Waals surface area contributed by atoms with Crippen LogP contribution in [0.25, 0.3) is 0 Å². The Bertz CT molecular complexity index is 1070. The Morgan fingerprint density at radius 2 is 1.46 bits per heavy atom. The van der Waals surface area contributed by atoms with Gasteiger partial charge < -0.3 is 23.6 Å². The molecule has 1 unspecified atom stereocenters. The third-order valence-electron chi connectivity index (χ3n) is 6.27. The van der Waals surface area contributed by atoms with E-state index >= 15 is 0 Å². The molecule has 0 radical (unpaired) electrons. The van der Waals surface area contributed by atoms with Gasteiger partial charge in [0.15, 0.2) is 11.5 Å². The Hall–Kier alpha value is -2.05. The summed E-state index contributed by atoms with van der Waals surface area (Å²) in [4.78, 5) is 0. The number of phenolic OH excluding ortho intramolecular Hbond substituents is 1. The highest BCUT2D eigenvalue weighted by atomic mass is 31.2. The molecular formula is C29H44NO6P. The van der Waals surface area contributed by atoms with Crippen molar-refractivity contribution in [3.8, 4) is 17.2 Å². The predicted octanol–water partition coefficient (Wildman–Crippen LogP) is 7.55. The molecule has 0 fully saturated rings. The molecule has 1 atom stereocenters. The zero-order valence-corrected chi connectivity index (χ0v) is 24.5. The van der Waals surface area contributed by atoms with Gasteiger partial charge >= 0.3 is 7.60 Å². The molecule has 0 spiro atoms. The standard InChI is InChI=1S/C29H44NO6P/c1-9-13-35-37(32,36-14-10-2)27(30-18-20-11-12-24-25(15-20)34-19-33-24)21-16-22(28(3,4)5)26(31)23(17-21)29(6,7)8/h11-12,15-17,27,30-31H,9-10,13-14,18-19H2,1-8H3. The van der Waals surface area contributed by atoms with Crippen LogP contribution in [-0.4, -0.2) is 25.1 Å². The first-order chi connectivity index (χ1) is 17.3. The SMILES string of the molecule is CCCOP(=O)(OCCC)C(NCc1ccc2c(c1)OCO2)c1cc(C(C)(C)C)c(O)c(C(C)(C)C)c1. The van der Waals surface area contributed by atoms with E-state index in [2.05, 4.69) is 46.9 Å². The zero-order valence-electron chi connectivity index (χ0n) is 23.6.